The van der Waals surface area contributed by atoms with Crippen LogP contribution in [0.1, 0.15) is 17.2 Å². The van der Waals surface area contributed by atoms with Crippen LogP contribution in [0, 0.1) is 11.6 Å². The zero-order chi connectivity index (χ0) is 14.7. The van der Waals surface area contributed by atoms with Crippen molar-refractivity contribution in [2.24, 2.45) is 0 Å². The number of halogens is 2. The quantitative estimate of drug-likeness (QED) is 0.941. The summed E-state index contributed by atoms with van der Waals surface area (Å²) in [6, 6.07) is 7.96. The van der Waals surface area contributed by atoms with Crippen LogP contribution in [0.15, 0.2) is 42.7 Å². The lowest BCUT2D eigenvalue weighted by atomic mass is 10.0. The molecule has 1 aromatic carbocycles. The maximum Gasteiger partial charge on any atom is 0.130 e. The third kappa shape index (κ3) is 3.09. The minimum atomic E-state index is -0.488. The van der Waals surface area contributed by atoms with Crippen molar-refractivity contribution in [1.29, 1.82) is 0 Å². The second kappa shape index (κ2) is 6.28. The molecule has 1 aromatic heterocycles. The Bertz CT molecular complexity index is 583. The molecule has 0 saturated carbocycles. The summed E-state index contributed by atoms with van der Waals surface area (Å²) in [4.78, 5) is 6.23. The number of piperazine rings is 1. The van der Waals surface area contributed by atoms with Crippen LogP contribution in [0.3, 0.4) is 0 Å². The number of rotatable bonds is 3. The molecular formula is C16H17F2N3. The average molecular weight is 289 g/mol. The molecule has 0 bridgehead atoms. The van der Waals surface area contributed by atoms with Gasteiger partial charge >= 0.3 is 0 Å². The molecule has 1 N–H and O–H groups in total. The molecule has 21 heavy (non-hydrogen) atoms. The Balaban J connectivity index is 1.85. The SMILES string of the molecule is Fc1cccc(F)c1CN1CCNCC1c1cccnc1. The molecule has 5 heteroatoms. The largest absolute Gasteiger partial charge is 0.314 e. The fourth-order valence-corrected chi connectivity index (χ4v) is 2.72. The fourth-order valence-electron chi connectivity index (χ4n) is 2.72. The number of benzene rings is 1. The fraction of sp³-hybridized carbons (Fsp3) is 0.312. The zero-order valence-electron chi connectivity index (χ0n) is 11.6. The van der Waals surface area contributed by atoms with Crippen molar-refractivity contribution >= 4 is 0 Å². The van der Waals surface area contributed by atoms with E-state index in [0.29, 0.717) is 0 Å². The molecule has 3 nitrogen and oxygen atoms in total. The topological polar surface area (TPSA) is 28.2 Å². The number of aromatic nitrogens is 1. The Hall–Kier alpha value is -1.85. The van der Waals surface area contributed by atoms with E-state index >= 15 is 0 Å². The number of hydrogen-bond acceptors (Lipinski definition) is 3. The molecule has 1 atom stereocenters. The first-order chi connectivity index (χ1) is 10.3. The summed E-state index contributed by atoms with van der Waals surface area (Å²) in [6.45, 7) is 2.57. The van der Waals surface area contributed by atoms with E-state index in [9.17, 15) is 8.78 Å². The Labute approximate surface area is 122 Å². The lowest BCUT2D eigenvalue weighted by Gasteiger charge is -2.36. The second-order valence-corrected chi connectivity index (χ2v) is 5.18. The predicted octanol–water partition coefficient (Wildman–Crippen LogP) is 2.51. The van der Waals surface area contributed by atoms with Crippen molar-refractivity contribution in [2.45, 2.75) is 12.6 Å². The standard InChI is InChI=1S/C16H17F2N3/c17-14-4-1-5-15(18)13(14)11-21-8-7-20-10-16(21)12-3-2-6-19-9-12/h1-6,9,16,20H,7-8,10-11H2. The molecule has 2 heterocycles. The van der Waals surface area contributed by atoms with Crippen molar-refractivity contribution in [3.63, 3.8) is 0 Å². The minimum Gasteiger partial charge on any atom is -0.314 e. The van der Waals surface area contributed by atoms with Gasteiger partial charge in [0.25, 0.3) is 0 Å². The minimum absolute atomic E-state index is 0.0754. The van der Waals surface area contributed by atoms with Gasteiger partial charge in [0.15, 0.2) is 0 Å². The second-order valence-electron chi connectivity index (χ2n) is 5.18. The van der Waals surface area contributed by atoms with Gasteiger partial charge in [-0.15, -0.1) is 0 Å². The first-order valence-electron chi connectivity index (χ1n) is 7.03. The van der Waals surface area contributed by atoms with Gasteiger partial charge in [-0.1, -0.05) is 12.1 Å². The number of hydrogen-bond donors (Lipinski definition) is 1. The maximum absolute atomic E-state index is 13.8. The first kappa shape index (κ1) is 14.1. The van der Waals surface area contributed by atoms with Gasteiger partial charge in [0.2, 0.25) is 0 Å². The van der Waals surface area contributed by atoms with Crippen molar-refractivity contribution in [3.8, 4) is 0 Å². The first-order valence-corrected chi connectivity index (χ1v) is 7.03. The number of pyridine rings is 1. The van der Waals surface area contributed by atoms with E-state index in [0.717, 1.165) is 25.2 Å². The number of nitrogens with one attached hydrogen (secondary N) is 1. The van der Waals surface area contributed by atoms with E-state index in [2.05, 4.69) is 15.2 Å². The van der Waals surface area contributed by atoms with Crippen LogP contribution in [-0.2, 0) is 6.54 Å². The summed E-state index contributed by atoms with van der Waals surface area (Å²) in [7, 11) is 0. The Morgan fingerprint density at radius 3 is 2.71 bits per heavy atom. The van der Waals surface area contributed by atoms with Crippen LogP contribution in [-0.4, -0.2) is 29.5 Å². The Kier molecular flexibility index (Phi) is 4.22. The van der Waals surface area contributed by atoms with E-state index in [1.165, 1.54) is 18.2 Å². The molecule has 0 amide bonds. The van der Waals surface area contributed by atoms with Gasteiger partial charge in [-0.05, 0) is 23.8 Å². The van der Waals surface area contributed by atoms with E-state index in [-0.39, 0.29) is 18.2 Å². The summed E-state index contributed by atoms with van der Waals surface area (Å²) >= 11 is 0. The van der Waals surface area contributed by atoms with Gasteiger partial charge in [0.05, 0.1) is 0 Å². The monoisotopic (exact) mass is 289 g/mol. The van der Waals surface area contributed by atoms with Gasteiger partial charge in [-0.3, -0.25) is 9.88 Å². The van der Waals surface area contributed by atoms with Crippen LogP contribution in [0.4, 0.5) is 8.78 Å². The van der Waals surface area contributed by atoms with Crippen LogP contribution in [0.5, 0.6) is 0 Å². The van der Waals surface area contributed by atoms with E-state index in [1.54, 1.807) is 6.20 Å². The molecule has 110 valence electrons. The molecule has 0 aliphatic carbocycles. The van der Waals surface area contributed by atoms with Gasteiger partial charge in [0.1, 0.15) is 11.6 Å². The van der Waals surface area contributed by atoms with Gasteiger partial charge in [0, 0.05) is 50.2 Å². The van der Waals surface area contributed by atoms with Crippen LogP contribution >= 0.6 is 0 Å². The zero-order valence-corrected chi connectivity index (χ0v) is 11.6. The summed E-state index contributed by atoms with van der Waals surface area (Å²) in [6.07, 6.45) is 3.53. The van der Waals surface area contributed by atoms with E-state index in [1.807, 2.05) is 18.3 Å². The maximum atomic E-state index is 13.8. The number of nitrogens with zero attached hydrogens (tertiary/aromatic N) is 2. The molecular weight excluding hydrogens is 272 g/mol. The lowest BCUT2D eigenvalue weighted by Crippen LogP contribution is -2.45. The van der Waals surface area contributed by atoms with E-state index < -0.39 is 11.6 Å². The van der Waals surface area contributed by atoms with Crippen LogP contribution in [0.2, 0.25) is 0 Å². The molecule has 1 unspecified atom stereocenters. The molecule has 2 aromatic rings. The van der Waals surface area contributed by atoms with Gasteiger partial charge in [-0.25, -0.2) is 8.78 Å². The summed E-state index contributed by atoms with van der Waals surface area (Å²) < 4.78 is 27.7. The van der Waals surface area contributed by atoms with Crippen molar-refractivity contribution in [3.05, 3.63) is 65.5 Å². The highest BCUT2D eigenvalue weighted by atomic mass is 19.1. The highest BCUT2D eigenvalue weighted by Crippen LogP contribution is 2.25. The third-order valence-corrected chi connectivity index (χ3v) is 3.85. The Morgan fingerprint density at radius 2 is 2.00 bits per heavy atom. The van der Waals surface area contributed by atoms with Crippen LogP contribution < -0.4 is 5.32 Å². The normalized spacial score (nSPS) is 19.6. The average Bonchev–Trinajstić information content (AvgIpc) is 2.52. The van der Waals surface area contributed by atoms with Crippen LogP contribution in [0.25, 0.3) is 0 Å². The molecule has 1 aliphatic rings. The van der Waals surface area contributed by atoms with E-state index in [4.69, 9.17) is 0 Å². The molecule has 0 spiro atoms. The summed E-state index contributed by atoms with van der Waals surface area (Å²) in [5.41, 5.74) is 1.19. The van der Waals surface area contributed by atoms with Gasteiger partial charge in [-0.2, -0.15) is 0 Å². The molecule has 3 rings (SSSR count). The molecule has 1 saturated heterocycles. The summed E-state index contributed by atoms with van der Waals surface area (Å²) in [5.74, 6) is -0.975. The molecule has 1 aliphatic heterocycles. The highest BCUT2D eigenvalue weighted by molar-refractivity contribution is 5.21. The third-order valence-electron chi connectivity index (χ3n) is 3.85. The smallest absolute Gasteiger partial charge is 0.130 e. The predicted molar refractivity (Wildman–Crippen MR) is 76.6 cm³/mol. The van der Waals surface area contributed by atoms with Crippen molar-refractivity contribution in [2.75, 3.05) is 19.6 Å². The van der Waals surface area contributed by atoms with Crippen molar-refractivity contribution < 1.29 is 8.78 Å². The molecule has 0 radical (unpaired) electrons. The molecule has 1 fully saturated rings. The summed E-state index contributed by atoms with van der Waals surface area (Å²) in [5, 5.41) is 3.32. The van der Waals surface area contributed by atoms with Gasteiger partial charge < -0.3 is 5.32 Å². The van der Waals surface area contributed by atoms with Crippen molar-refractivity contribution in [1.82, 2.24) is 15.2 Å². The highest BCUT2D eigenvalue weighted by Gasteiger charge is 2.25. The lowest BCUT2D eigenvalue weighted by molar-refractivity contribution is 0.149. The Morgan fingerprint density at radius 1 is 1.19 bits per heavy atom.